The first-order valence-corrected chi connectivity index (χ1v) is 10.2. The minimum absolute atomic E-state index is 0.00151. The number of piperidine rings is 1. The second-order valence-corrected chi connectivity index (χ2v) is 7.49. The van der Waals surface area contributed by atoms with Gasteiger partial charge in [-0.1, -0.05) is 37.6 Å². The molecular weight excluding hydrogens is 362 g/mol. The summed E-state index contributed by atoms with van der Waals surface area (Å²) in [7, 11) is 0. The van der Waals surface area contributed by atoms with Crippen molar-refractivity contribution in [2.45, 2.75) is 39.7 Å². The van der Waals surface area contributed by atoms with E-state index in [1.54, 1.807) is 0 Å². The van der Waals surface area contributed by atoms with Crippen molar-refractivity contribution in [1.82, 2.24) is 16.0 Å². The van der Waals surface area contributed by atoms with E-state index in [0.717, 1.165) is 49.1 Å². The Kier molecular flexibility index (Phi) is 8.72. The van der Waals surface area contributed by atoms with Crippen LogP contribution in [0.5, 0.6) is 0 Å². The number of amides is 1. The van der Waals surface area contributed by atoms with Gasteiger partial charge in [0, 0.05) is 38.1 Å². The van der Waals surface area contributed by atoms with E-state index in [1.807, 2.05) is 32.0 Å². The van der Waals surface area contributed by atoms with Crippen molar-refractivity contribution in [1.29, 1.82) is 0 Å². The number of hydrogen-bond donors (Lipinski definition) is 3. The average molecular weight is 394 g/mol. The number of guanidine groups is 1. The number of nitrogens with one attached hydrogen (secondary N) is 3. The fourth-order valence-electron chi connectivity index (χ4n) is 3.09. The van der Waals surface area contributed by atoms with E-state index < -0.39 is 0 Å². The zero-order valence-corrected chi connectivity index (χ0v) is 17.4. The van der Waals surface area contributed by atoms with Crippen molar-refractivity contribution < 1.29 is 4.79 Å². The van der Waals surface area contributed by atoms with E-state index in [1.165, 1.54) is 0 Å². The maximum atomic E-state index is 11.6. The van der Waals surface area contributed by atoms with Crippen LogP contribution in [0, 0.1) is 5.92 Å². The molecule has 27 heavy (non-hydrogen) atoms. The molecule has 1 amide bonds. The van der Waals surface area contributed by atoms with Crippen molar-refractivity contribution in [2.24, 2.45) is 10.9 Å². The molecule has 150 valence electrons. The van der Waals surface area contributed by atoms with Gasteiger partial charge >= 0.3 is 0 Å². The monoisotopic (exact) mass is 393 g/mol. The maximum absolute atomic E-state index is 11.6. The first kappa shape index (κ1) is 21.4. The average Bonchev–Trinajstić information content (AvgIpc) is 2.65. The molecule has 1 atom stereocenters. The van der Waals surface area contributed by atoms with E-state index in [9.17, 15) is 4.79 Å². The second-order valence-electron chi connectivity index (χ2n) is 7.09. The summed E-state index contributed by atoms with van der Waals surface area (Å²) in [6, 6.07) is 8.29. The summed E-state index contributed by atoms with van der Waals surface area (Å²) in [6.45, 7) is 9.61. The van der Waals surface area contributed by atoms with Crippen LogP contribution < -0.4 is 20.9 Å². The van der Waals surface area contributed by atoms with Crippen molar-refractivity contribution in [3.05, 3.63) is 29.3 Å². The van der Waals surface area contributed by atoms with Crippen LogP contribution in [0.25, 0.3) is 0 Å². The number of carbonyl (C=O) groups is 1. The zero-order valence-electron chi connectivity index (χ0n) is 16.6. The minimum Gasteiger partial charge on any atom is -0.368 e. The molecule has 0 spiro atoms. The molecule has 0 radical (unpaired) electrons. The molecule has 1 aliphatic heterocycles. The second kappa shape index (κ2) is 11.0. The van der Waals surface area contributed by atoms with Gasteiger partial charge in [-0.2, -0.15) is 0 Å². The van der Waals surface area contributed by atoms with Gasteiger partial charge in [0.2, 0.25) is 5.91 Å². The number of hydrogen-bond acceptors (Lipinski definition) is 3. The summed E-state index contributed by atoms with van der Waals surface area (Å²) in [5, 5.41) is 10.5. The van der Waals surface area contributed by atoms with E-state index in [-0.39, 0.29) is 11.8 Å². The van der Waals surface area contributed by atoms with Crippen LogP contribution in [-0.2, 0) is 4.79 Å². The first-order chi connectivity index (χ1) is 13.0. The SMILES string of the molecule is CCNC(=NCCNC(=O)C(C)C)NC1CCCN(c2ccccc2Cl)C1. The Labute approximate surface area is 167 Å². The lowest BCUT2D eigenvalue weighted by atomic mass is 10.0. The molecule has 2 rings (SSSR count). The molecule has 1 fully saturated rings. The number of aliphatic imine (C=N–C) groups is 1. The molecule has 0 saturated carbocycles. The van der Waals surface area contributed by atoms with Crippen LogP contribution in [-0.4, -0.2) is 50.6 Å². The summed E-state index contributed by atoms with van der Waals surface area (Å²) in [4.78, 5) is 18.5. The molecule has 1 heterocycles. The first-order valence-electron chi connectivity index (χ1n) is 9.83. The predicted molar refractivity (Wildman–Crippen MR) is 114 cm³/mol. The fraction of sp³-hybridized carbons (Fsp3) is 0.600. The largest absolute Gasteiger partial charge is 0.368 e. The van der Waals surface area contributed by atoms with Gasteiger partial charge in [0.1, 0.15) is 0 Å². The van der Waals surface area contributed by atoms with Crippen LogP contribution in [0.15, 0.2) is 29.3 Å². The number of anilines is 1. The normalized spacial score (nSPS) is 17.7. The molecule has 6 nitrogen and oxygen atoms in total. The maximum Gasteiger partial charge on any atom is 0.222 e. The molecule has 1 unspecified atom stereocenters. The van der Waals surface area contributed by atoms with Crippen molar-refractivity contribution >= 4 is 29.2 Å². The van der Waals surface area contributed by atoms with E-state index in [0.29, 0.717) is 19.1 Å². The van der Waals surface area contributed by atoms with Crippen molar-refractivity contribution in [2.75, 3.05) is 37.6 Å². The Bertz CT molecular complexity index is 635. The van der Waals surface area contributed by atoms with Crippen molar-refractivity contribution in [3.63, 3.8) is 0 Å². The van der Waals surface area contributed by atoms with Crippen LogP contribution in [0.2, 0.25) is 5.02 Å². The molecule has 0 aromatic heterocycles. The lowest BCUT2D eigenvalue weighted by molar-refractivity contribution is -0.123. The molecule has 3 N–H and O–H groups in total. The Morgan fingerprint density at radius 2 is 2.11 bits per heavy atom. The zero-order chi connectivity index (χ0) is 19.6. The summed E-state index contributed by atoms with van der Waals surface area (Å²) in [6.07, 6.45) is 2.20. The lowest BCUT2D eigenvalue weighted by Gasteiger charge is -2.35. The number of rotatable bonds is 7. The highest BCUT2D eigenvalue weighted by Gasteiger charge is 2.22. The molecule has 7 heteroatoms. The van der Waals surface area contributed by atoms with Crippen molar-refractivity contribution in [3.8, 4) is 0 Å². The molecule has 1 aromatic carbocycles. The lowest BCUT2D eigenvalue weighted by Crippen LogP contribution is -2.51. The standard InChI is InChI=1S/C20H32ClN5O/c1-4-22-20(24-12-11-23-19(27)15(2)3)25-16-8-7-13-26(14-16)18-10-6-5-9-17(18)21/h5-6,9-10,15-16H,4,7-8,11-14H2,1-3H3,(H,23,27)(H2,22,24,25). The smallest absolute Gasteiger partial charge is 0.222 e. The number of carbonyl (C=O) groups excluding carboxylic acids is 1. The van der Waals surface area contributed by atoms with Crippen LogP contribution in [0.3, 0.4) is 0 Å². The molecular formula is C20H32ClN5O. The third kappa shape index (κ3) is 6.94. The van der Waals surface area contributed by atoms with E-state index in [2.05, 4.69) is 38.8 Å². The highest BCUT2D eigenvalue weighted by molar-refractivity contribution is 6.33. The molecule has 0 aliphatic carbocycles. The third-order valence-electron chi connectivity index (χ3n) is 4.50. The topological polar surface area (TPSA) is 68.8 Å². The molecule has 1 aromatic rings. The summed E-state index contributed by atoms with van der Waals surface area (Å²) in [5.41, 5.74) is 1.09. The van der Waals surface area contributed by atoms with Gasteiger partial charge in [0.25, 0.3) is 0 Å². The van der Waals surface area contributed by atoms with Gasteiger partial charge in [0.15, 0.2) is 5.96 Å². The Morgan fingerprint density at radius 3 is 2.81 bits per heavy atom. The molecule has 0 bridgehead atoms. The van der Waals surface area contributed by atoms with Gasteiger partial charge in [0.05, 0.1) is 17.3 Å². The Morgan fingerprint density at radius 1 is 1.33 bits per heavy atom. The summed E-state index contributed by atoms with van der Waals surface area (Å²) >= 11 is 6.36. The van der Waals surface area contributed by atoms with E-state index in [4.69, 9.17) is 11.6 Å². The van der Waals surface area contributed by atoms with Gasteiger partial charge in [-0.25, -0.2) is 0 Å². The number of para-hydroxylation sites is 1. The van der Waals surface area contributed by atoms with Gasteiger partial charge < -0.3 is 20.9 Å². The van der Waals surface area contributed by atoms with Crippen LogP contribution >= 0.6 is 11.6 Å². The number of benzene rings is 1. The molecule has 1 aliphatic rings. The number of nitrogens with zero attached hydrogens (tertiary/aromatic N) is 2. The van der Waals surface area contributed by atoms with Gasteiger partial charge in [-0.15, -0.1) is 0 Å². The van der Waals surface area contributed by atoms with Gasteiger partial charge in [-0.3, -0.25) is 9.79 Å². The predicted octanol–water partition coefficient (Wildman–Crippen LogP) is 2.64. The third-order valence-corrected chi connectivity index (χ3v) is 4.82. The quantitative estimate of drug-likeness (QED) is 0.378. The molecule has 1 saturated heterocycles. The van der Waals surface area contributed by atoms with E-state index >= 15 is 0 Å². The highest BCUT2D eigenvalue weighted by atomic mass is 35.5. The summed E-state index contributed by atoms with van der Waals surface area (Å²) in [5.74, 6) is 0.853. The Hall–Kier alpha value is -1.95. The minimum atomic E-state index is -0.00151. The fourth-order valence-corrected chi connectivity index (χ4v) is 3.34. The number of halogens is 1. The van der Waals surface area contributed by atoms with Gasteiger partial charge in [-0.05, 0) is 31.9 Å². The van der Waals surface area contributed by atoms with Crippen LogP contribution in [0.1, 0.15) is 33.6 Å². The summed E-state index contributed by atoms with van der Waals surface area (Å²) < 4.78 is 0. The highest BCUT2D eigenvalue weighted by Crippen LogP contribution is 2.27. The van der Waals surface area contributed by atoms with Crippen LogP contribution in [0.4, 0.5) is 5.69 Å². The Balaban J connectivity index is 1.90.